The fourth-order valence-electron chi connectivity index (χ4n) is 3.20. The lowest BCUT2D eigenvalue weighted by atomic mass is 9.81. The molecule has 1 aliphatic carbocycles. The first-order valence-electron chi connectivity index (χ1n) is 7.95. The van der Waals surface area contributed by atoms with Crippen molar-refractivity contribution >= 4 is 22.9 Å². The van der Waals surface area contributed by atoms with E-state index in [1.165, 1.54) is 0 Å². The van der Waals surface area contributed by atoms with Gasteiger partial charge < -0.3 is 16.4 Å². The van der Waals surface area contributed by atoms with Crippen LogP contribution in [0.15, 0.2) is 30.3 Å². The van der Waals surface area contributed by atoms with Crippen molar-refractivity contribution in [3.05, 3.63) is 58.1 Å². The number of anilines is 2. The number of hydrogen-bond acceptors (Lipinski definition) is 5. The predicted molar refractivity (Wildman–Crippen MR) is 95.4 cm³/mol. The molecule has 5 nitrogen and oxygen atoms in total. The fourth-order valence-corrected chi connectivity index (χ4v) is 3.20. The average molecular weight is 323 g/mol. The Morgan fingerprint density at radius 1 is 0.958 bits per heavy atom. The van der Waals surface area contributed by atoms with E-state index >= 15 is 0 Å². The number of carbonyl (C=O) groups excluding carboxylic acids is 2. The average Bonchev–Trinajstić information content (AvgIpc) is 2.55. The van der Waals surface area contributed by atoms with Crippen LogP contribution in [0.4, 0.5) is 11.4 Å². The van der Waals surface area contributed by atoms with Crippen molar-refractivity contribution in [1.29, 1.82) is 0 Å². The third kappa shape index (κ3) is 2.57. The molecule has 5 heteroatoms. The van der Waals surface area contributed by atoms with E-state index in [4.69, 9.17) is 11.5 Å². The van der Waals surface area contributed by atoms with Crippen LogP contribution in [0, 0.1) is 0 Å². The van der Waals surface area contributed by atoms with E-state index in [-0.39, 0.29) is 22.7 Å². The van der Waals surface area contributed by atoms with Gasteiger partial charge in [-0.15, -0.1) is 0 Å². The first-order chi connectivity index (χ1) is 11.4. The predicted octanol–water partition coefficient (Wildman–Crippen LogP) is 2.12. The topological polar surface area (TPSA) is 89.4 Å². The maximum absolute atomic E-state index is 12.9. The maximum Gasteiger partial charge on any atom is 0.196 e. The Bertz CT molecular complexity index is 841. The number of carbonyl (C=O) groups is 2. The summed E-state index contributed by atoms with van der Waals surface area (Å²) in [6, 6.07) is 8.54. The number of nitrogens with zero attached hydrogens (tertiary/aromatic N) is 1. The minimum absolute atomic E-state index is 0.223. The zero-order chi connectivity index (χ0) is 17.4. The van der Waals surface area contributed by atoms with Gasteiger partial charge in [0.25, 0.3) is 0 Å². The van der Waals surface area contributed by atoms with Crippen molar-refractivity contribution in [2.45, 2.75) is 12.8 Å². The quantitative estimate of drug-likeness (QED) is 0.718. The van der Waals surface area contributed by atoms with E-state index < -0.39 is 0 Å². The van der Waals surface area contributed by atoms with Crippen LogP contribution in [0.1, 0.15) is 43.8 Å². The molecule has 4 N–H and O–H groups in total. The number of aryl methyl sites for hydroxylation is 1. The van der Waals surface area contributed by atoms with Crippen LogP contribution in [0.25, 0.3) is 0 Å². The lowest BCUT2D eigenvalue weighted by molar-refractivity contribution is 0.0980. The molecule has 0 bridgehead atoms. The molecule has 0 radical (unpaired) electrons. The number of ketones is 2. The molecule has 0 fully saturated rings. The van der Waals surface area contributed by atoms with Gasteiger partial charge in [0.2, 0.25) is 0 Å². The largest absolute Gasteiger partial charge is 0.398 e. The van der Waals surface area contributed by atoms with Gasteiger partial charge in [0.05, 0.1) is 11.1 Å². The minimum Gasteiger partial charge on any atom is -0.398 e. The summed E-state index contributed by atoms with van der Waals surface area (Å²) in [5.41, 5.74) is 15.2. The number of benzene rings is 2. The molecule has 0 atom stereocenters. The van der Waals surface area contributed by atoms with Gasteiger partial charge in [-0.3, -0.25) is 9.59 Å². The molecular weight excluding hydrogens is 302 g/mol. The summed E-state index contributed by atoms with van der Waals surface area (Å²) in [5.74, 6) is -0.455. The van der Waals surface area contributed by atoms with E-state index in [0.717, 1.165) is 18.5 Å². The molecule has 124 valence electrons. The van der Waals surface area contributed by atoms with E-state index in [1.807, 2.05) is 14.1 Å². The third-order valence-electron chi connectivity index (χ3n) is 4.41. The van der Waals surface area contributed by atoms with Crippen LogP contribution >= 0.6 is 0 Å². The molecule has 0 saturated carbocycles. The highest BCUT2D eigenvalue weighted by Crippen LogP contribution is 2.36. The second-order valence-corrected chi connectivity index (χ2v) is 6.40. The number of nitrogen functional groups attached to an aromatic ring is 2. The van der Waals surface area contributed by atoms with E-state index in [1.54, 1.807) is 30.3 Å². The molecule has 0 heterocycles. The van der Waals surface area contributed by atoms with Gasteiger partial charge in [0.1, 0.15) is 0 Å². The summed E-state index contributed by atoms with van der Waals surface area (Å²) in [6.07, 6.45) is 1.61. The van der Waals surface area contributed by atoms with Crippen molar-refractivity contribution in [2.75, 3.05) is 32.1 Å². The fraction of sp³-hybridized carbons (Fsp3) is 0.263. The highest BCUT2D eigenvalue weighted by Gasteiger charge is 2.33. The second kappa shape index (κ2) is 6.09. The molecule has 0 spiro atoms. The molecule has 0 saturated heterocycles. The Morgan fingerprint density at radius 2 is 1.54 bits per heavy atom. The van der Waals surface area contributed by atoms with Crippen LogP contribution in [0.3, 0.4) is 0 Å². The van der Waals surface area contributed by atoms with Gasteiger partial charge in [-0.25, -0.2) is 0 Å². The Kier molecular flexibility index (Phi) is 4.11. The van der Waals surface area contributed by atoms with E-state index in [9.17, 15) is 9.59 Å². The van der Waals surface area contributed by atoms with Crippen molar-refractivity contribution < 1.29 is 9.59 Å². The molecule has 24 heavy (non-hydrogen) atoms. The highest BCUT2D eigenvalue weighted by atomic mass is 16.1. The Hall–Kier alpha value is -2.66. The standard InChI is InChI=1S/C19H21N3O2/c1-22(2)9-5-6-11-10-14(20)15-16(17(11)21)19(24)13-8-4-3-7-12(13)18(15)23/h3-4,7-8,10H,5-6,9,20-21H2,1-2H3. The van der Waals surface area contributed by atoms with Gasteiger partial charge >= 0.3 is 0 Å². The number of fused-ring (bicyclic) bond motifs is 2. The van der Waals surface area contributed by atoms with Gasteiger partial charge in [0.15, 0.2) is 11.6 Å². The van der Waals surface area contributed by atoms with Crippen LogP contribution < -0.4 is 11.5 Å². The zero-order valence-corrected chi connectivity index (χ0v) is 13.9. The van der Waals surface area contributed by atoms with Crippen molar-refractivity contribution in [3.63, 3.8) is 0 Å². The summed E-state index contributed by atoms with van der Waals surface area (Å²) in [4.78, 5) is 27.7. The van der Waals surface area contributed by atoms with Crippen LogP contribution in [0.2, 0.25) is 0 Å². The second-order valence-electron chi connectivity index (χ2n) is 6.40. The lowest BCUT2D eigenvalue weighted by Crippen LogP contribution is -2.24. The monoisotopic (exact) mass is 323 g/mol. The zero-order valence-electron chi connectivity index (χ0n) is 13.9. The van der Waals surface area contributed by atoms with Crippen LogP contribution in [-0.2, 0) is 6.42 Å². The molecule has 0 unspecified atom stereocenters. The Labute approximate surface area is 141 Å². The molecule has 1 aliphatic rings. The van der Waals surface area contributed by atoms with Crippen molar-refractivity contribution in [2.24, 2.45) is 0 Å². The summed E-state index contributed by atoms with van der Waals surface area (Å²) < 4.78 is 0. The molecule has 3 rings (SSSR count). The van der Waals surface area contributed by atoms with Crippen molar-refractivity contribution in [3.8, 4) is 0 Å². The number of hydrogen-bond donors (Lipinski definition) is 2. The lowest BCUT2D eigenvalue weighted by Gasteiger charge is -2.22. The van der Waals surface area contributed by atoms with Crippen LogP contribution in [-0.4, -0.2) is 37.1 Å². The van der Waals surface area contributed by atoms with Crippen molar-refractivity contribution in [1.82, 2.24) is 4.90 Å². The summed E-state index contributed by atoms with van der Waals surface area (Å²) in [6.45, 7) is 0.909. The van der Waals surface area contributed by atoms with Gasteiger partial charge in [0, 0.05) is 22.5 Å². The normalized spacial score (nSPS) is 13.1. The van der Waals surface area contributed by atoms with Gasteiger partial charge in [-0.05, 0) is 45.1 Å². The SMILES string of the molecule is CN(C)CCCc1cc(N)c2c(c1N)C(=O)c1ccccc1C2=O. The molecule has 0 amide bonds. The summed E-state index contributed by atoms with van der Waals surface area (Å²) >= 11 is 0. The number of rotatable bonds is 4. The highest BCUT2D eigenvalue weighted by molar-refractivity contribution is 6.31. The summed E-state index contributed by atoms with van der Waals surface area (Å²) in [7, 11) is 4.01. The molecule has 0 aromatic heterocycles. The Morgan fingerprint density at radius 3 is 2.12 bits per heavy atom. The summed E-state index contributed by atoms with van der Waals surface area (Å²) in [5, 5.41) is 0. The van der Waals surface area contributed by atoms with E-state index in [0.29, 0.717) is 28.9 Å². The van der Waals surface area contributed by atoms with E-state index in [2.05, 4.69) is 4.90 Å². The maximum atomic E-state index is 12.9. The molecular formula is C19H21N3O2. The first kappa shape index (κ1) is 16.2. The van der Waals surface area contributed by atoms with Gasteiger partial charge in [-0.1, -0.05) is 24.3 Å². The number of nitrogens with two attached hydrogens (primary N) is 2. The van der Waals surface area contributed by atoms with Gasteiger partial charge in [-0.2, -0.15) is 0 Å². The molecule has 2 aromatic rings. The molecule has 0 aliphatic heterocycles. The first-order valence-corrected chi connectivity index (χ1v) is 7.95. The molecule has 2 aromatic carbocycles. The van der Waals surface area contributed by atoms with Crippen LogP contribution in [0.5, 0.6) is 0 Å². The minimum atomic E-state index is -0.232. The smallest absolute Gasteiger partial charge is 0.196 e. The third-order valence-corrected chi connectivity index (χ3v) is 4.41. The Balaban J connectivity index is 2.08.